The second kappa shape index (κ2) is 5.21. The van der Waals surface area contributed by atoms with E-state index in [1.54, 1.807) is 0 Å². The van der Waals surface area contributed by atoms with Gasteiger partial charge in [-0.15, -0.1) is 0 Å². The van der Waals surface area contributed by atoms with Crippen molar-refractivity contribution in [3.05, 3.63) is 18.0 Å². The summed E-state index contributed by atoms with van der Waals surface area (Å²) in [6.07, 6.45) is 9.31. The molecule has 2 rings (SSSR count). The van der Waals surface area contributed by atoms with Crippen molar-refractivity contribution in [3.63, 3.8) is 0 Å². The number of nitrogens with one attached hydrogen (secondary N) is 1. The fraction of sp³-hybridized carbons (Fsp3) is 0.786. The van der Waals surface area contributed by atoms with Crippen LogP contribution in [0.5, 0.6) is 0 Å². The lowest BCUT2D eigenvalue weighted by atomic mass is 9.83. The van der Waals surface area contributed by atoms with Gasteiger partial charge in [-0.25, -0.2) is 0 Å². The third-order valence-corrected chi connectivity index (χ3v) is 3.51. The zero-order valence-electron chi connectivity index (χ0n) is 11.4. The molecule has 96 valence electrons. The highest BCUT2D eigenvalue weighted by molar-refractivity contribution is 5.06. The molecule has 1 aromatic rings. The Balaban J connectivity index is 1.77. The molecule has 3 nitrogen and oxygen atoms in total. The van der Waals surface area contributed by atoms with Gasteiger partial charge in [0.1, 0.15) is 0 Å². The first-order chi connectivity index (χ1) is 8.09. The quantitative estimate of drug-likeness (QED) is 0.787. The molecule has 1 fully saturated rings. The minimum atomic E-state index is 0.365. The Morgan fingerprint density at radius 1 is 1.47 bits per heavy atom. The van der Waals surface area contributed by atoms with Crippen LogP contribution in [0, 0.1) is 5.41 Å². The van der Waals surface area contributed by atoms with Crippen molar-refractivity contribution < 1.29 is 0 Å². The molecule has 0 radical (unpaired) electrons. The van der Waals surface area contributed by atoms with Crippen LogP contribution in [0.3, 0.4) is 0 Å². The van der Waals surface area contributed by atoms with Crippen molar-refractivity contribution in [2.24, 2.45) is 5.41 Å². The van der Waals surface area contributed by atoms with Gasteiger partial charge < -0.3 is 5.32 Å². The average molecular weight is 235 g/mol. The van der Waals surface area contributed by atoms with Crippen LogP contribution >= 0.6 is 0 Å². The normalized spacial score (nSPS) is 16.4. The van der Waals surface area contributed by atoms with Crippen LogP contribution in [0.1, 0.15) is 45.6 Å². The fourth-order valence-electron chi connectivity index (χ4n) is 2.21. The molecule has 1 saturated carbocycles. The fourth-order valence-corrected chi connectivity index (χ4v) is 2.21. The Kier molecular flexibility index (Phi) is 3.87. The van der Waals surface area contributed by atoms with Crippen molar-refractivity contribution in [1.82, 2.24) is 15.1 Å². The minimum absolute atomic E-state index is 0.365. The summed E-state index contributed by atoms with van der Waals surface area (Å²) in [5.41, 5.74) is 1.73. The molecule has 1 aliphatic rings. The second-order valence-corrected chi connectivity index (χ2v) is 6.02. The van der Waals surface area contributed by atoms with E-state index in [2.05, 4.69) is 37.4 Å². The van der Waals surface area contributed by atoms with Crippen LogP contribution in [0.25, 0.3) is 0 Å². The summed E-state index contributed by atoms with van der Waals surface area (Å²) in [5, 5.41) is 7.93. The van der Waals surface area contributed by atoms with Crippen LogP contribution in [0.2, 0.25) is 0 Å². The molecule has 0 aliphatic heterocycles. The van der Waals surface area contributed by atoms with E-state index in [1.165, 1.54) is 24.8 Å². The first-order valence-electron chi connectivity index (χ1n) is 6.84. The molecule has 3 heteroatoms. The molecule has 17 heavy (non-hydrogen) atoms. The van der Waals surface area contributed by atoms with E-state index in [9.17, 15) is 0 Å². The van der Waals surface area contributed by atoms with Gasteiger partial charge in [0, 0.05) is 18.8 Å². The van der Waals surface area contributed by atoms with E-state index in [0.717, 1.165) is 25.6 Å². The summed E-state index contributed by atoms with van der Waals surface area (Å²) in [4.78, 5) is 0. The molecule has 0 spiro atoms. The Labute approximate surface area is 105 Å². The van der Waals surface area contributed by atoms with E-state index in [4.69, 9.17) is 0 Å². The number of nitrogens with zero attached hydrogens (tertiary/aromatic N) is 2. The van der Waals surface area contributed by atoms with Gasteiger partial charge in [-0.1, -0.05) is 13.8 Å². The van der Waals surface area contributed by atoms with Crippen molar-refractivity contribution >= 4 is 0 Å². The Hall–Kier alpha value is -0.830. The van der Waals surface area contributed by atoms with Crippen LogP contribution in [0.4, 0.5) is 0 Å². The number of aryl methyl sites for hydroxylation is 1. The van der Waals surface area contributed by atoms with E-state index in [-0.39, 0.29) is 0 Å². The highest BCUT2D eigenvalue weighted by atomic mass is 15.3. The summed E-state index contributed by atoms with van der Waals surface area (Å²) in [7, 11) is 0. The van der Waals surface area contributed by atoms with Gasteiger partial charge in [0.15, 0.2) is 0 Å². The van der Waals surface area contributed by atoms with Crippen molar-refractivity contribution in [3.8, 4) is 0 Å². The molecule has 1 aromatic heterocycles. The van der Waals surface area contributed by atoms with Crippen molar-refractivity contribution in [1.29, 1.82) is 0 Å². The van der Waals surface area contributed by atoms with Gasteiger partial charge in [-0.2, -0.15) is 5.10 Å². The van der Waals surface area contributed by atoms with Gasteiger partial charge in [-0.3, -0.25) is 4.68 Å². The number of rotatable bonds is 7. The van der Waals surface area contributed by atoms with E-state index in [1.807, 2.05) is 10.9 Å². The largest absolute Gasteiger partial charge is 0.314 e. The first-order valence-corrected chi connectivity index (χ1v) is 6.84. The molecular formula is C14H25N3. The summed E-state index contributed by atoms with van der Waals surface area (Å²) in [6.45, 7) is 8.94. The summed E-state index contributed by atoms with van der Waals surface area (Å²) < 4.78 is 2.01. The molecule has 0 bridgehead atoms. The number of hydrogen-bond acceptors (Lipinski definition) is 2. The topological polar surface area (TPSA) is 29.9 Å². The van der Waals surface area contributed by atoms with Gasteiger partial charge >= 0.3 is 0 Å². The maximum absolute atomic E-state index is 4.34. The maximum Gasteiger partial charge on any atom is 0.0521 e. The molecule has 1 N–H and O–H groups in total. The predicted molar refractivity (Wildman–Crippen MR) is 71.0 cm³/mol. The number of hydrogen-bond donors (Lipinski definition) is 1. The number of aromatic nitrogens is 2. The smallest absolute Gasteiger partial charge is 0.0521 e. The van der Waals surface area contributed by atoms with E-state index < -0.39 is 0 Å². The molecule has 0 atom stereocenters. The van der Waals surface area contributed by atoms with Gasteiger partial charge in [0.25, 0.3) is 0 Å². The lowest BCUT2D eigenvalue weighted by Crippen LogP contribution is -2.25. The van der Waals surface area contributed by atoms with Gasteiger partial charge in [-0.05, 0) is 50.1 Å². The van der Waals surface area contributed by atoms with Crippen LogP contribution in [0.15, 0.2) is 12.4 Å². The summed E-state index contributed by atoms with van der Waals surface area (Å²) >= 11 is 0. The zero-order valence-corrected chi connectivity index (χ0v) is 11.4. The predicted octanol–water partition coefficient (Wildman–Crippen LogP) is 2.61. The monoisotopic (exact) mass is 235 g/mol. The summed E-state index contributed by atoms with van der Waals surface area (Å²) in [5.74, 6) is 0. The molecule has 0 saturated heterocycles. The van der Waals surface area contributed by atoms with Crippen LogP contribution in [-0.4, -0.2) is 22.4 Å². The highest BCUT2D eigenvalue weighted by Crippen LogP contribution is 2.26. The van der Waals surface area contributed by atoms with Gasteiger partial charge in [0.05, 0.1) is 6.20 Å². The third kappa shape index (κ3) is 4.15. The standard InChI is InChI=1S/C14H25N3/c1-4-17-11-12(10-16-17)9-14(2,3)7-8-15-13-5-6-13/h10-11,13,15H,4-9H2,1-3H3. The molecular weight excluding hydrogens is 210 g/mol. The Bertz CT molecular complexity index is 350. The van der Waals surface area contributed by atoms with Gasteiger partial charge in [0.2, 0.25) is 0 Å². The molecule has 1 heterocycles. The third-order valence-electron chi connectivity index (χ3n) is 3.51. The first kappa shape index (κ1) is 12.6. The molecule has 0 amide bonds. The second-order valence-electron chi connectivity index (χ2n) is 6.02. The lowest BCUT2D eigenvalue weighted by Gasteiger charge is -2.24. The molecule has 0 aromatic carbocycles. The van der Waals surface area contributed by atoms with E-state index >= 15 is 0 Å². The summed E-state index contributed by atoms with van der Waals surface area (Å²) in [6, 6.07) is 0.827. The maximum atomic E-state index is 4.34. The van der Waals surface area contributed by atoms with Crippen molar-refractivity contribution in [2.45, 2.75) is 59.0 Å². The lowest BCUT2D eigenvalue weighted by molar-refractivity contribution is 0.325. The Morgan fingerprint density at radius 2 is 2.24 bits per heavy atom. The SMILES string of the molecule is CCn1cc(CC(C)(C)CCNC2CC2)cn1. The minimum Gasteiger partial charge on any atom is -0.314 e. The average Bonchev–Trinajstić information content (AvgIpc) is 2.97. The van der Waals surface area contributed by atoms with Crippen LogP contribution in [-0.2, 0) is 13.0 Å². The zero-order chi connectivity index (χ0) is 12.3. The molecule has 1 aliphatic carbocycles. The van der Waals surface area contributed by atoms with Crippen molar-refractivity contribution in [2.75, 3.05) is 6.54 Å². The Morgan fingerprint density at radius 3 is 2.82 bits per heavy atom. The van der Waals surface area contributed by atoms with E-state index in [0.29, 0.717) is 5.41 Å². The van der Waals surface area contributed by atoms with Crippen LogP contribution < -0.4 is 5.32 Å². The highest BCUT2D eigenvalue weighted by Gasteiger charge is 2.23. The molecule has 0 unspecified atom stereocenters.